The highest BCUT2D eigenvalue weighted by Gasteiger charge is 2.39. The van der Waals surface area contributed by atoms with E-state index >= 15 is 0 Å². The van der Waals surface area contributed by atoms with Crippen LogP contribution in [0.3, 0.4) is 0 Å². The van der Waals surface area contributed by atoms with Crippen LogP contribution in [0.15, 0.2) is 28.5 Å². The summed E-state index contributed by atoms with van der Waals surface area (Å²) in [4.78, 5) is 13.3. The molecule has 2 fully saturated rings. The van der Waals surface area contributed by atoms with Gasteiger partial charge in [-0.05, 0) is 37.5 Å². The normalized spacial score (nSPS) is 28.1. The number of fused-ring (bicyclic) bond motifs is 3. The highest BCUT2D eigenvalue weighted by molar-refractivity contribution is 7.80. The number of benzene rings is 1. The first-order valence-corrected chi connectivity index (χ1v) is 8.30. The molecule has 2 N–H and O–H groups in total. The fraction of sp³-hybridized carbons (Fsp3) is 0.400. The third kappa shape index (κ3) is 2.05. The maximum Gasteiger partial charge on any atom is 0.251 e. The van der Waals surface area contributed by atoms with Crippen molar-refractivity contribution in [1.82, 2.24) is 10.6 Å². The number of nitrogens with one attached hydrogen (secondary N) is 2. The predicted octanol–water partition coefficient (Wildman–Crippen LogP) is 2.81. The van der Waals surface area contributed by atoms with Crippen LogP contribution in [0.4, 0.5) is 0 Å². The fourth-order valence-corrected chi connectivity index (χ4v) is 4.62. The number of thiol groups is 1. The Morgan fingerprint density at radius 2 is 2.30 bits per heavy atom. The maximum atomic E-state index is 12.4. The van der Waals surface area contributed by atoms with Gasteiger partial charge in [-0.1, -0.05) is 0 Å². The molecule has 1 amide bonds. The Labute approximate surface area is 127 Å². The molecule has 0 aliphatic carbocycles. The summed E-state index contributed by atoms with van der Waals surface area (Å²) in [6, 6.07) is 7.22. The highest BCUT2D eigenvalue weighted by atomic mass is 32.1. The molecule has 104 valence electrons. The Hall–Kier alpha value is -1.04. The molecule has 2 bridgehead atoms. The topological polar surface area (TPSA) is 41.1 Å². The van der Waals surface area contributed by atoms with Gasteiger partial charge in [0.15, 0.2) is 0 Å². The zero-order valence-corrected chi connectivity index (χ0v) is 12.6. The van der Waals surface area contributed by atoms with Crippen molar-refractivity contribution in [3.8, 4) is 0 Å². The van der Waals surface area contributed by atoms with E-state index in [4.69, 9.17) is 0 Å². The van der Waals surface area contributed by atoms with E-state index < -0.39 is 0 Å². The van der Waals surface area contributed by atoms with Gasteiger partial charge < -0.3 is 10.6 Å². The minimum absolute atomic E-state index is 0.0326. The van der Waals surface area contributed by atoms with E-state index in [0.717, 1.165) is 22.3 Å². The zero-order chi connectivity index (χ0) is 13.7. The van der Waals surface area contributed by atoms with Gasteiger partial charge >= 0.3 is 0 Å². The standard InChI is InChI=1S/C15H16N2OS2/c18-15(17-12-6-9-2-3-11(12)16-9)8-1-4-14-10(5-8)13(19)7-20-14/h1,4-5,7,9,11-12,16,19H,2-3,6H2,(H,17,18)/t9-,11+,12-/m1/s1. The van der Waals surface area contributed by atoms with Gasteiger partial charge in [-0.15, -0.1) is 24.0 Å². The summed E-state index contributed by atoms with van der Waals surface area (Å²) in [7, 11) is 0. The smallest absolute Gasteiger partial charge is 0.251 e. The van der Waals surface area contributed by atoms with E-state index in [1.54, 1.807) is 11.3 Å². The van der Waals surface area contributed by atoms with Crippen molar-refractivity contribution in [2.24, 2.45) is 0 Å². The molecule has 0 unspecified atom stereocenters. The minimum Gasteiger partial charge on any atom is -0.348 e. The monoisotopic (exact) mass is 304 g/mol. The van der Waals surface area contributed by atoms with E-state index in [2.05, 4.69) is 23.3 Å². The van der Waals surface area contributed by atoms with Crippen molar-refractivity contribution in [3.05, 3.63) is 29.1 Å². The third-order valence-corrected chi connectivity index (χ3v) is 5.94. The van der Waals surface area contributed by atoms with Crippen LogP contribution in [0.5, 0.6) is 0 Å². The first kappa shape index (κ1) is 12.7. The van der Waals surface area contributed by atoms with Gasteiger partial charge in [0.25, 0.3) is 5.91 Å². The van der Waals surface area contributed by atoms with Gasteiger partial charge in [0, 0.05) is 44.1 Å². The number of amides is 1. The summed E-state index contributed by atoms with van der Waals surface area (Å²) in [5, 5.41) is 9.80. The quantitative estimate of drug-likeness (QED) is 0.747. The van der Waals surface area contributed by atoms with Crippen molar-refractivity contribution < 1.29 is 4.79 Å². The molecule has 1 aromatic carbocycles. The second-order valence-electron chi connectivity index (χ2n) is 5.69. The lowest BCUT2D eigenvalue weighted by molar-refractivity contribution is 0.0931. The van der Waals surface area contributed by atoms with Crippen molar-refractivity contribution in [2.45, 2.75) is 42.3 Å². The van der Waals surface area contributed by atoms with E-state index in [1.807, 2.05) is 23.6 Å². The van der Waals surface area contributed by atoms with Crippen LogP contribution in [-0.4, -0.2) is 24.0 Å². The van der Waals surface area contributed by atoms with E-state index in [0.29, 0.717) is 12.1 Å². The van der Waals surface area contributed by atoms with E-state index in [1.165, 1.54) is 17.5 Å². The van der Waals surface area contributed by atoms with Crippen molar-refractivity contribution >= 4 is 40.0 Å². The molecule has 2 aliphatic heterocycles. The summed E-state index contributed by atoms with van der Waals surface area (Å²) < 4.78 is 1.17. The number of carbonyl (C=O) groups excluding carboxylic acids is 1. The Kier molecular flexibility index (Phi) is 3.02. The van der Waals surface area contributed by atoms with E-state index in [-0.39, 0.29) is 11.9 Å². The zero-order valence-electron chi connectivity index (χ0n) is 10.9. The van der Waals surface area contributed by atoms with Crippen LogP contribution in [0.2, 0.25) is 0 Å². The van der Waals surface area contributed by atoms with Crippen LogP contribution in [0.25, 0.3) is 10.1 Å². The molecule has 20 heavy (non-hydrogen) atoms. The maximum absolute atomic E-state index is 12.4. The first-order chi connectivity index (χ1) is 9.70. The van der Waals surface area contributed by atoms with Crippen LogP contribution in [0.1, 0.15) is 29.6 Å². The summed E-state index contributed by atoms with van der Waals surface area (Å²) in [5.74, 6) is 0.0326. The van der Waals surface area contributed by atoms with E-state index in [9.17, 15) is 4.79 Å². The average molecular weight is 304 g/mol. The van der Waals surface area contributed by atoms with Gasteiger partial charge in [0.1, 0.15) is 0 Å². The molecular weight excluding hydrogens is 288 g/mol. The van der Waals surface area contributed by atoms with Crippen molar-refractivity contribution in [2.75, 3.05) is 0 Å². The first-order valence-electron chi connectivity index (χ1n) is 6.98. The van der Waals surface area contributed by atoms with Crippen LogP contribution in [0, 0.1) is 0 Å². The molecule has 2 aliphatic rings. The molecule has 3 heterocycles. The fourth-order valence-electron chi connectivity index (χ4n) is 3.39. The number of hydrogen-bond acceptors (Lipinski definition) is 4. The lowest BCUT2D eigenvalue weighted by atomic mass is 9.95. The molecule has 3 nitrogen and oxygen atoms in total. The Balaban J connectivity index is 1.56. The highest BCUT2D eigenvalue weighted by Crippen LogP contribution is 2.30. The number of hydrogen-bond donors (Lipinski definition) is 3. The number of thiophene rings is 1. The molecular formula is C15H16N2OS2. The molecule has 5 heteroatoms. The molecule has 3 atom stereocenters. The molecule has 4 rings (SSSR count). The Morgan fingerprint density at radius 1 is 1.40 bits per heavy atom. The summed E-state index contributed by atoms with van der Waals surface area (Å²) in [5.41, 5.74) is 0.731. The van der Waals surface area contributed by atoms with Crippen LogP contribution in [-0.2, 0) is 0 Å². The van der Waals surface area contributed by atoms with Crippen LogP contribution < -0.4 is 10.6 Å². The second-order valence-corrected chi connectivity index (χ2v) is 7.09. The van der Waals surface area contributed by atoms with Gasteiger partial charge in [-0.3, -0.25) is 4.79 Å². The lowest BCUT2D eigenvalue weighted by Gasteiger charge is -2.21. The summed E-state index contributed by atoms with van der Waals surface area (Å²) in [6.45, 7) is 0. The minimum atomic E-state index is 0.0326. The van der Waals surface area contributed by atoms with Gasteiger partial charge in [-0.25, -0.2) is 0 Å². The Morgan fingerprint density at radius 3 is 3.05 bits per heavy atom. The SMILES string of the molecule is O=C(N[C@@H]1C[C@H]2CC[C@@H]1N2)c1ccc2scc(S)c2c1. The predicted molar refractivity (Wildman–Crippen MR) is 84.9 cm³/mol. The largest absolute Gasteiger partial charge is 0.348 e. The molecule has 1 aromatic heterocycles. The molecule has 0 radical (unpaired) electrons. The van der Waals surface area contributed by atoms with Crippen LogP contribution >= 0.6 is 24.0 Å². The average Bonchev–Trinajstić information content (AvgIpc) is 3.15. The Bertz CT molecular complexity index is 682. The van der Waals surface area contributed by atoms with Gasteiger partial charge in [0.05, 0.1) is 0 Å². The summed E-state index contributed by atoms with van der Waals surface area (Å²) >= 11 is 6.10. The molecule has 2 saturated heterocycles. The van der Waals surface area contributed by atoms with Crippen molar-refractivity contribution in [3.63, 3.8) is 0 Å². The van der Waals surface area contributed by atoms with Gasteiger partial charge in [0.2, 0.25) is 0 Å². The number of rotatable bonds is 2. The second kappa shape index (κ2) is 4.76. The molecule has 2 aromatic rings. The number of carbonyl (C=O) groups is 1. The van der Waals surface area contributed by atoms with Gasteiger partial charge in [-0.2, -0.15) is 0 Å². The third-order valence-electron chi connectivity index (χ3n) is 4.43. The molecule has 0 saturated carbocycles. The van der Waals surface area contributed by atoms with Crippen molar-refractivity contribution in [1.29, 1.82) is 0 Å². The molecule has 0 spiro atoms. The summed E-state index contributed by atoms with van der Waals surface area (Å²) in [6.07, 6.45) is 3.50. The lowest BCUT2D eigenvalue weighted by Crippen LogP contribution is -2.42.